The van der Waals surface area contributed by atoms with Crippen LogP contribution in [-0.2, 0) is 10.0 Å². The second-order valence-electron chi connectivity index (χ2n) is 6.16. The van der Waals surface area contributed by atoms with E-state index in [0.717, 1.165) is 21.9 Å². The van der Waals surface area contributed by atoms with Gasteiger partial charge < -0.3 is 15.1 Å². The molecule has 3 aromatic rings. The maximum atomic E-state index is 12.3. The molecule has 1 aromatic heterocycles. The molecule has 3 N–H and O–H groups in total. The summed E-state index contributed by atoms with van der Waals surface area (Å²) in [5.41, 5.74) is 8.79. The van der Waals surface area contributed by atoms with E-state index >= 15 is 0 Å². The van der Waals surface area contributed by atoms with E-state index in [1.54, 1.807) is 42.7 Å². The van der Waals surface area contributed by atoms with Crippen LogP contribution in [0.1, 0.15) is 5.56 Å². The molecular formula is C20H18N4O3S. The summed E-state index contributed by atoms with van der Waals surface area (Å²) in [7, 11) is -3.62. The van der Waals surface area contributed by atoms with Gasteiger partial charge in [-0.15, -0.1) is 0 Å². The molecular weight excluding hydrogens is 376 g/mol. The Bertz CT molecular complexity index is 1230. The van der Waals surface area contributed by atoms with Gasteiger partial charge in [0.2, 0.25) is 5.55 Å². The molecule has 7 nitrogen and oxygen atoms in total. The summed E-state index contributed by atoms with van der Waals surface area (Å²) in [6.07, 6.45) is 3.09. The molecule has 0 atom stereocenters. The number of nitrogens with two attached hydrogens (primary N) is 1. The van der Waals surface area contributed by atoms with E-state index in [-0.39, 0.29) is 0 Å². The van der Waals surface area contributed by atoms with Crippen molar-refractivity contribution >= 4 is 33.3 Å². The smallest absolute Gasteiger partial charge is 0.255 e. The third-order valence-electron chi connectivity index (χ3n) is 4.25. The number of rotatable bonds is 5. The van der Waals surface area contributed by atoms with Crippen molar-refractivity contribution in [2.75, 3.05) is 16.3 Å². The Morgan fingerprint density at radius 1 is 1.07 bits per heavy atom. The first-order valence-corrected chi connectivity index (χ1v) is 10.1. The normalized spacial score (nSPS) is 14.0. The van der Waals surface area contributed by atoms with Crippen molar-refractivity contribution in [2.45, 2.75) is 0 Å². The molecule has 0 amide bonds. The van der Waals surface area contributed by atoms with E-state index in [4.69, 9.17) is 10.2 Å². The maximum absolute atomic E-state index is 12.3. The van der Waals surface area contributed by atoms with Gasteiger partial charge in [0.1, 0.15) is 12.5 Å². The zero-order valence-electron chi connectivity index (χ0n) is 14.8. The van der Waals surface area contributed by atoms with E-state index in [1.807, 2.05) is 35.2 Å². The Balaban J connectivity index is 1.50. The number of benzene rings is 2. The average Bonchev–Trinajstić information content (AvgIpc) is 3.18. The molecule has 0 unspecified atom stereocenters. The molecule has 28 heavy (non-hydrogen) atoms. The minimum absolute atomic E-state index is 0.331. The Kier molecular flexibility index (Phi) is 4.62. The highest BCUT2D eigenvalue weighted by molar-refractivity contribution is 7.95. The number of nitrogens with zero attached hydrogens (tertiary/aromatic N) is 2. The summed E-state index contributed by atoms with van der Waals surface area (Å²) in [5.74, 6) is 0.540. The molecule has 0 saturated carbocycles. The minimum atomic E-state index is -3.62. The molecule has 0 radical (unpaired) electrons. The van der Waals surface area contributed by atoms with Gasteiger partial charge >= 0.3 is 0 Å². The predicted octanol–water partition coefficient (Wildman–Crippen LogP) is 1.81. The molecule has 0 spiro atoms. The molecule has 0 aliphatic carbocycles. The summed E-state index contributed by atoms with van der Waals surface area (Å²) in [5, 5.41) is 1.88. The molecule has 1 aliphatic rings. The van der Waals surface area contributed by atoms with Crippen molar-refractivity contribution in [3.8, 4) is 0 Å². The van der Waals surface area contributed by atoms with Crippen LogP contribution in [0.15, 0.2) is 81.7 Å². The largest absolute Gasteiger partial charge is 0.446 e. The molecule has 4 rings (SSSR count). The SMILES string of the molecule is NC1=c2ccoc2=NCN1c1ccc(NS(=O)(=O)C=Cc2ccccc2)cc1. The summed E-state index contributed by atoms with van der Waals surface area (Å²) < 4.78 is 32.3. The van der Waals surface area contributed by atoms with Gasteiger partial charge in [0, 0.05) is 11.4 Å². The number of anilines is 2. The molecule has 8 heteroatoms. The van der Waals surface area contributed by atoms with Crippen LogP contribution in [0.25, 0.3) is 11.9 Å². The van der Waals surface area contributed by atoms with Crippen LogP contribution in [0.3, 0.4) is 0 Å². The minimum Gasteiger partial charge on any atom is -0.446 e. The topological polar surface area (TPSA) is 101 Å². The summed E-state index contributed by atoms with van der Waals surface area (Å²) >= 11 is 0. The second kappa shape index (κ2) is 7.24. The molecule has 0 fully saturated rings. The lowest BCUT2D eigenvalue weighted by Gasteiger charge is -2.24. The molecule has 2 aromatic carbocycles. The van der Waals surface area contributed by atoms with Gasteiger partial charge in [-0.05, 0) is 42.0 Å². The number of sulfonamides is 1. The standard InChI is InChI=1S/C20H18N4O3S/c21-19-18-10-12-27-20(18)22-14-24(19)17-8-6-16(7-9-17)23-28(25,26)13-11-15-4-2-1-3-5-15/h1-13,23H,14,21H2. The van der Waals surface area contributed by atoms with E-state index in [1.165, 1.54) is 0 Å². The fourth-order valence-electron chi connectivity index (χ4n) is 2.84. The van der Waals surface area contributed by atoms with Crippen LogP contribution >= 0.6 is 0 Å². The summed E-state index contributed by atoms with van der Waals surface area (Å²) in [4.78, 5) is 6.16. The highest BCUT2D eigenvalue weighted by Crippen LogP contribution is 2.21. The van der Waals surface area contributed by atoms with Gasteiger partial charge in [0.25, 0.3) is 10.0 Å². The molecule has 2 heterocycles. The third-order valence-corrected chi connectivity index (χ3v) is 5.26. The first-order chi connectivity index (χ1) is 13.5. The second-order valence-corrected chi connectivity index (χ2v) is 7.73. The van der Waals surface area contributed by atoms with Crippen LogP contribution in [-0.4, -0.2) is 15.1 Å². The first kappa shape index (κ1) is 17.9. The molecule has 0 bridgehead atoms. The lowest BCUT2D eigenvalue weighted by molar-refractivity contribution is 0.500. The van der Waals surface area contributed by atoms with Gasteiger partial charge in [-0.2, -0.15) is 0 Å². The van der Waals surface area contributed by atoms with Crippen molar-refractivity contribution in [1.29, 1.82) is 0 Å². The van der Waals surface area contributed by atoms with Gasteiger partial charge in [-0.3, -0.25) is 4.72 Å². The highest BCUT2D eigenvalue weighted by Gasteiger charge is 2.15. The van der Waals surface area contributed by atoms with Crippen molar-refractivity contribution in [3.63, 3.8) is 0 Å². The summed E-state index contributed by atoms with van der Waals surface area (Å²) in [6, 6.07) is 17.9. The van der Waals surface area contributed by atoms with Crippen molar-refractivity contribution < 1.29 is 12.8 Å². The number of hydrogen-bond acceptors (Lipinski definition) is 6. The maximum Gasteiger partial charge on any atom is 0.255 e. The van der Waals surface area contributed by atoms with E-state index < -0.39 is 10.0 Å². The Labute approximate surface area is 162 Å². The van der Waals surface area contributed by atoms with Crippen molar-refractivity contribution in [3.05, 3.63) is 88.7 Å². The van der Waals surface area contributed by atoms with Gasteiger partial charge in [0.15, 0.2) is 0 Å². The molecule has 142 valence electrons. The zero-order valence-corrected chi connectivity index (χ0v) is 15.6. The third kappa shape index (κ3) is 3.77. The fourth-order valence-corrected chi connectivity index (χ4v) is 3.70. The Hall–Kier alpha value is -3.52. The van der Waals surface area contributed by atoms with Gasteiger partial charge in [0.05, 0.1) is 16.9 Å². The zero-order chi connectivity index (χ0) is 19.6. The molecule has 0 saturated heterocycles. The quantitative estimate of drug-likeness (QED) is 0.687. The van der Waals surface area contributed by atoms with Crippen LogP contribution in [0, 0.1) is 0 Å². The van der Waals surface area contributed by atoms with Gasteiger partial charge in [-0.25, -0.2) is 13.4 Å². The van der Waals surface area contributed by atoms with Crippen LogP contribution in [0.5, 0.6) is 0 Å². The lowest BCUT2D eigenvalue weighted by Crippen LogP contribution is -2.42. The Morgan fingerprint density at radius 3 is 2.57 bits per heavy atom. The van der Waals surface area contributed by atoms with Crippen LogP contribution < -0.4 is 26.1 Å². The number of hydrogen-bond donors (Lipinski definition) is 2. The van der Waals surface area contributed by atoms with Crippen LogP contribution in [0.2, 0.25) is 0 Å². The van der Waals surface area contributed by atoms with Crippen molar-refractivity contribution in [2.24, 2.45) is 10.7 Å². The fraction of sp³-hybridized carbons (Fsp3) is 0.0500. The van der Waals surface area contributed by atoms with E-state index in [9.17, 15) is 8.42 Å². The summed E-state index contributed by atoms with van der Waals surface area (Å²) in [6.45, 7) is 0.331. The average molecular weight is 394 g/mol. The lowest BCUT2D eigenvalue weighted by atomic mass is 10.2. The predicted molar refractivity (Wildman–Crippen MR) is 109 cm³/mol. The van der Waals surface area contributed by atoms with E-state index in [2.05, 4.69) is 9.71 Å². The van der Waals surface area contributed by atoms with Crippen molar-refractivity contribution in [1.82, 2.24) is 0 Å². The van der Waals surface area contributed by atoms with E-state index in [0.29, 0.717) is 23.7 Å². The van der Waals surface area contributed by atoms with Gasteiger partial charge in [-0.1, -0.05) is 30.3 Å². The first-order valence-electron chi connectivity index (χ1n) is 8.53. The number of furan rings is 1. The monoisotopic (exact) mass is 394 g/mol. The number of fused-ring (bicyclic) bond motifs is 1. The van der Waals surface area contributed by atoms with Crippen LogP contribution in [0.4, 0.5) is 11.4 Å². The number of nitrogens with one attached hydrogen (secondary N) is 1. The molecule has 1 aliphatic heterocycles. The Morgan fingerprint density at radius 2 is 1.82 bits per heavy atom. The highest BCUT2D eigenvalue weighted by atomic mass is 32.2.